The molecule has 0 aromatic heterocycles. The Bertz CT molecular complexity index is 1190. The number of hydrogen-bond donors (Lipinski definition) is 1. The highest BCUT2D eigenvalue weighted by Crippen LogP contribution is 2.38. The van der Waals surface area contributed by atoms with E-state index in [4.69, 9.17) is 0 Å². The number of piperazine rings is 1. The third-order valence-electron chi connectivity index (χ3n) is 7.32. The van der Waals surface area contributed by atoms with Crippen LogP contribution in [0.5, 0.6) is 0 Å². The third-order valence-corrected chi connectivity index (χ3v) is 7.32. The minimum absolute atomic E-state index is 0.0190. The van der Waals surface area contributed by atoms with Crippen LogP contribution >= 0.6 is 0 Å². The van der Waals surface area contributed by atoms with E-state index in [9.17, 15) is 32.9 Å². The van der Waals surface area contributed by atoms with Gasteiger partial charge in [-0.3, -0.25) is 24.6 Å². The molecule has 1 N–H and O–H groups in total. The van der Waals surface area contributed by atoms with Crippen LogP contribution in [-0.2, 0) is 11.0 Å². The van der Waals surface area contributed by atoms with Crippen molar-refractivity contribution in [1.82, 2.24) is 14.7 Å². The number of carbonyl (C=O) groups is 2. The molecule has 0 spiro atoms. The molecule has 2 aliphatic heterocycles. The van der Waals surface area contributed by atoms with E-state index in [-0.39, 0.29) is 23.5 Å². The lowest BCUT2D eigenvalue weighted by Crippen LogP contribution is -2.49. The zero-order valence-electron chi connectivity index (χ0n) is 21.7. The van der Waals surface area contributed by atoms with Gasteiger partial charge in [-0.1, -0.05) is 17.7 Å². The Labute approximate surface area is 224 Å². The molecule has 0 atom stereocenters. The Hall–Kier alpha value is -3.67. The van der Waals surface area contributed by atoms with Gasteiger partial charge >= 0.3 is 6.18 Å². The lowest BCUT2D eigenvalue weighted by atomic mass is 10.0. The van der Waals surface area contributed by atoms with Gasteiger partial charge in [-0.25, -0.2) is 0 Å². The van der Waals surface area contributed by atoms with Gasteiger partial charge in [0.05, 0.1) is 4.92 Å². The van der Waals surface area contributed by atoms with Crippen LogP contribution < -0.4 is 5.32 Å². The number of rotatable bonds is 7. The van der Waals surface area contributed by atoms with Gasteiger partial charge in [-0.05, 0) is 44.0 Å². The molecule has 39 heavy (non-hydrogen) atoms. The molecule has 2 fully saturated rings. The topological polar surface area (TPSA) is 99.0 Å². The number of benzene rings is 2. The molecule has 0 bridgehead atoms. The van der Waals surface area contributed by atoms with Crippen LogP contribution in [0.4, 0.5) is 24.5 Å². The van der Waals surface area contributed by atoms with E-state index in [1.807, 2.05) is 36.1 Å². The van der Waals surface area contributed by atoms with Crippen molar-refractivity contribution in [3.05, 3.63) is 69.3 Å². The number of carbonyl (C=O) groups excluding carboxylic acids is 2. The predicted octanol–water partition coefficient (Wildman–Crippen LogP) is 4.17. The smallest absolute Gasteiger partial charge is 0.382 e. The zero-order chi connectivity index (χ0) is 28.2. The number of nitro groups is 1. The van der Waals surface area contributed by atoms with Crippen molar-refractivity contribution in [2.45, 2.75) is 38.4 Å². The number of likely N-dealkylation sites (tertiary alicyclic amines) is 1. The molecule has 2 aromatic rings. The maximum atomic E-state index is 13.3. The summed E-state index contributed by atoms with van der Waals surface area (Å²) in [4.78, 5) is 41.2. The molecule has 2 aliphatic rings. The quantitative estimate of drug-likeness (QED) is 0.413. The van der Waals surface area contributed by atoms with Crippen molar-refractivity contribution < 1.29 is 27.7 Å². The summed E-state index contributed by atoms with van der Waals surface area (Å²) < 4.78 is 39.8. The van der Waals surface area contributed by atoms with E-state index in [0.717, 1.165) is 17.7 Å². The van der Waals surface area contributed by atoms with Crippen molar-refractivity contribution in [3.63, 3.8) is 0 Å². The summed E-state index contributed by atoms with van der Waals surface area (Å²) in [6, 6.07) is 10.3. The zero-order valence-corrected chi connectivity index (χ0v) is 21.7. The van der Waals surface area contributed by atoms with Crippen LogP contribution in [-0.4, -0.2) is 83.3 Å². The van der Waals surface area contributed by atoms with E-state index in [0.29, 0.717) is 70.6 Å². The number of hydrogen-bond acceptors (Lipinski definition) is 6. The number of nitrogens with one attached hydrogen (secondary N) is 1. The number of alkyl halides is 3. The Morgan fingerprint density at radius 2 is 1.62 bits per heavy atom. The maximum Gasteiger partial charge on any atom is 0.423 e. The Morgan fingerprint density at radius 1 is 0.974 bits per heavy atom. The number of anilines is 1. The minimum atomic E-state index is -4.83. The SMILES string of the molecule is Cc1ccc(C(=O)N2CCN(CCC(=O)N3CCC(Nc4ccc([N+](=O)[O-])c(C(F)(F)F)c4)CC3)CC2)cc1. The predicted molar refractivity (Wildman–Crippen MR) is 139 cm³/mol. The van der Waals surface area contributed by atoms with Crippen LogP contribution in [0.15, 0.2) is 42.5 Å². The Balaban J connectivity index is 1.19. The van der Waals surface area contributed by atoms with Gasteiger partial charge in [-0.15, -0.1) is 0 Å². The monoisotopic (exact) mass is 547 g/mol. The molecule has 2 aromatic carbocycles. The molecule has 2 heterocycles. The lowest BCUT2D eigenvalue weighted by Gasteiger charge is -2.36. The number of nitro benzene ring substituents is 1. The third kappa shape index (κ3) is 7.25. The highest BCUT2D eigenvalue weighted by molar-refractivity contribution is 5.94. The number of amides is 2. The number of aryl methyl sites for hydroxylation is 1. The first-order chi connectivity index (χ1) is 18.5. The molecule has 210 valence electrons. The van der Waals surface area contributed by atoms with Crippen LogP contribution in [0.3, 0.4) is 0 Å². The number of halogens is 3. The maximum absolute atomic E-state index is 13.3. The molecule has 0 unspecified atom stereocenters. The number of nitrogens with zero attached hydrogens (tertiary/aromatic N) is 4. The fraction of sp³-hybridized carbons (Fsp3) is 0.481. The van der Waals surface area contributed by atoms with Gasteiger partial charge < -0.3 is 15.1 Å². The molecule has 2 amide bonds. The van der Waals surface area contributed by atoms with Crippen molar-refractivity contribution in [2.24, 2.45) is 0 Å². The molecule has 12 heteroatoms. The summed E-state index contributed by atoms with van der Waals surface area (Å²) in [7, 11) is 0. The van der Waals surface area contributed by atoms with E-state index in [1.165, 1.54) is 6.07 Å². The first-order valence-corrected chi connectivity index (χ1v) is 13.0. The first-order valence-electron chi connectivity index (χ1n) is 13.0. The summed E-state index contributed by atoms with van der Waals surface area (Å²) in [5, 5.41) is 14.0. The second-order valence-electron chi connectivity index (χ2n) is 10.0. The summed E-state index contributed by atoms with van der Waals surface area (Å²) in [5.74, 6) is 0.0480. The minimum Gasteiger partial charge on any atom is -0.382 e. The van der Waals surface area contributed by atoms with E-state index in [2.05, 4.69) is 10.2 Å². The van der Waals surface area contributed by atoms with Crippen molar-refractivity contribution in [1.29, 1.82) is 0 Å². The van der Waals surface area contributed by atoms with Gasteiger partial charge in [0.15, 0.2) is 0 Å². The van der Waals surface area contributed by atoms with E-state index >= 15 is 0 Å². The molecule has 2 saturated heterocycles. The molecular weight excluding hydrogens is 515 g/mol. The number of piperidine rings is 1. The Morgan fingerprint density at radius 3 is 2.21 bits per heavy atom. The highest BCUT2D eigenvalue weighted by Gasteiger charge is 2.38. The fourth-order valence-corrected chi connectivity index (χ4v) is 4.99. The van der Waals surface area contributed by atoms with Crippen LogP contribution in [0.2, 0.25) is 0 Å². The lowest BCUT2D eigenvalue weighted by molar-refractivity contribution is -0.388. The molecule has 0 radical (unpaired) electrons. The van der Waals surface area contributed by atoms with Gasteiger partial charge in [0, 0.05) is 75.6 Å². The largest absolute Gasteiger partial charge is 0.423 e. The summed E-state index contributed by atoms with van der Waals surface area (Å²) in [6.07, 6.45) is -3.35. The second-order valence-corrected chi connectivity index (χ2v) is 10.0. The first kappa shape index (κ1) is 28.3. The molecule has 0 aliphatic carbocycles. The fourth-order valence-electron chi connectivity index (χ4n) is 4.99. The van der Waals surface area contributed by atoms with Gasteiger partial charge in [0.2, 0.25) is 5.91 Å². The highest BCUT2D eigenvalue weighted by atomic mass is 19.4. The van der Waals surface area contributed by atoms with Crippen LogP contribution in [0, 0.1) is 17.0 Å². The van der Waals surface area contributed by atoms with Gasteiger partial charge in [-0.2, -0.15) is 13.2 Å². The van der Waals surface area contributed by atoms with Crippen LogP contribution in [0.1, 0.15) is 40.7 Å². The summed E-state index contributed by atoms with van der Waals surface area (Å²) in [6.45, 7) is 6.16. The molecule has 9 nitrogen and oxygen atoms in total. The van der Waals surface area contributed by atoms with Crippen molar-refractivity contribution in [2.75, 3.05) is 51.1 Å². The van der Waals surface area contributed by atoms with Crippen molar-refractivity contribution >= 4 is 23.2 Å². The molecule has 0 saturated carbocycles. The molecular formula is C27H32F3N5O4. The van der Waals surface area contributed by atoms with E-state index in [1.54, 1.807) is 4.90 Å². The van der Waals surface area contributed by atoms with Crippen molar-refractivity contribution in [3.8, 4) is 0 Å². The summed E-state index contributed by atoms with van der Waals surface area (Å²) >= 11 is 0. The standard InChI is InChI=1S/C27H32F3N5O4/c1-19-2-4-20(5-3-19)26(37)34-16-14-32(15-17-34)11-10-25(36)33-12-8-21(9-13-33)31-22-6-7-24(35(38)39)23(18-22)27(28,29)30/h2-7,18,21,31H,8-17H2,1H3. The van der Waals surface area contributed by atoms with E-state index < -0.39 is 22.4 Å². The van der Waals surface area contributed by atoms with Crippen LogP contribution in [0.25, 0.3) is 0 Å². The normalized spacial score (nSPS) is 17.2. The average molecular weight is 548 g/mol. The molecule has 4 rings (SSSR count). The Kier molecular flexibility index (Phi) is 8.73. The average Bonchev–Trinajstić information content (AvgIpc) is 2.92. The van der Waals surface area contributed by atoms with Gasteiger partial charge in [0.1, 0.15) is 5.56 Å². The van der Waals surface area contributed by atoms with Gasteiger partial charge in [0.25, 0.3) is 11.6 Å². The summed E-state index contributed by atoms with van der Waals surface area (Å²) in [5.41, 5.74) is -0.321. The second kappa shape index (κ2) is 12.0.